The highest BCUT2D eigenvalue weighted by Crippen LogP contribution is 2.19. The Kier molecular flexibility index (Phi) is 4.11. The fourth-order valence-corrected chi connectivity index (χ4v) is 2.15. The topological polar surface area (TPSA) is 24.9 Å². The molecule has 1 unspecified atom stereocenters. The van der Waals surface area contributed by atoms with Gasteiger partial charge in [0.2, 0.25) is 0 Å². The summed E-state index contributed by atoms with van der Waals surface area (Å²) in [5.41, 5.74) is 5.36. The van der Waals surface area contributed by atoms with E-state index in [9.17, 15) is 0 Å². The van der Waals surface area contributed by atoms with Gasteiger partial charge in [0.25, 0.3) is 0 Å². The smallest absolute Gasteiger partial charge is 0.0359 e. The number of rotatable bonds is 4. The molecule has 0 aliphatic rings. The van der Waals surface area contributed by atoms with Crippen LogP contribution in [0.1, 0.15) is 28.3 Å². The fourth-order valence-electron chi connectivity index (χ4n) is 2.15. The van der Waals surface area contributed by atoms with Gasteiger partial charge >= 0.3 is 0 Å². The molecule has 0 amide bonds. The van der Waals surface area contributed by atoms with Crippen LogP contribution in [0.4, 0.5) is 0 Å². The van der Waals surface area contributed by atoms with Gasteiger partial charge in [-0.25, -0.2) is 0 Å². The van der Waals surface area contributed by atoms with Gasteiger partial charge in [-0.3, -0.25) is 4.98 Å². The number of hydrogen-bond donors (Lipinski definition) is 1. The maximum Gasteiger partial charge on any atom is 0.0359 e. The highest BCUT2D eigenvalue weighted by molar-refractivity contribution is 5.31. The van der Waals surface area contributed by atoms with E-state index in [0.29, 0.717) is 6.04 Å². The summed E-state index contributed by atoms with van der Waals surface area (Å²) in [5, 5.41) is 3.37. The van der Waals surface area contributed by atoms with E-state index in [2.05, 4.69) is 54.5 Å². The molecule has 2 heteroatoms. The molecule has 18 heavy (non-hydrogen) atoms. The Labute approximate surface area is 109 Å². The monoisotopic (exact) mass is 240 g/mol. The Balaban J connectivity index is 2.18. The molecular formula is C16H20N2. The van der Waals surface area contributed by atoms with Gasteiger partial charge in [-0.2, -0.15) is 0 Å². The molecule has 1 aromatic heterocycles. The molecule has 0 bridgehead atoms. The average molecular weight is 240 g/mol. The fraction of sp³-hybridized carbons (Fsp3) is 0.312. The van der Waals surface area contributed by atoms with E-state index in [0.717, 1.165) is 6.42 Å². The van der Waals surface area contributed by atoms with E-state index in [1.165, 1.54) is 22.3 Å². The van der Waals surface area contributed by atoms with Crippen LogP contribution in [-0.2, 0) is 6.42 Å². The number of likely N-dealkylation sites (N-methyl/N-ethyl adjacent to an activating group) is 1. The number of pyridine rings is 1. The van der Waals surface area contributed by atoms with Crippen LogP contribution in [0.3, 0.4) is 0 Å². The van der Waals surface area contributed by atoms with Gasteiger partial charge in [-0.05, 0) is 61.7 Å². The van der Waals surface area contributed by atoms with Crippen LogP contribution in [0.5, 0.6) is 0 Å². The third-order valence-corrected chi connectivity index (χ3v) is 3.47. The third-order valence-electron chi connectivity index (χ3n) is 3.47. The summed E-state index contributed by atoms with van der Waals surface area (Å²) in [4.78, 5) is 4.07. The molecule has 0 saturated heterocycles. The van der Waals surface area contributed by atoms with Crippen molar-refractivity contribution in [1.82, 2.24) is 10.3 Å². The molecule has 2 aromatic rings. The lowest BCUT2D eigenvalue weighted by Crippen LogP contribution is -2.18. The van der Waals surface area contributed by atoms with Crippen molar-refractivity contribution in [3.8, 4) is 0 Å². The molecule has 94 valence electrons. The second-order valence-corrected chi connectivity index (χ2v) is 4.74. The van der Waals surface area contributed by atoms with Crippen molar-refractivity contribution in [2.45, 2.75) is 26.3 Å². The molecule has 1 N–H and O–H groups in total. The van der Waals surface area contributed by atoms with Crippen molar-refractivity contribution in [3.05, 3.63) is 65.0 Å². The first-order valence-electron chi connectivity index (χ1n) is 6.34. The van der Waals surface area contributed by atoms with Crippen LogP contribution in [0.15, 0.2) is 42.7 Å². The van der Waals surface area contributed by atoms with Crippen LogP contribution in [-0.4, -0.2) is 12.0 Å². The Bertz CT molecular complexity index is 506. The van der Waals surface area contributed by atoms with E-state index < -0.39 is 0 Å². The predicted molar refractivity (Wildman–Crippen MR) is 75.7 cm³/mol. The van der Waals surface area contributed by atoms with Crippen molar-refractivity contribution in [1.29, 1.82) is 0 Å². The zero-order chi connectivity index (χ0) is 13.0. The summed E-state index contributed by atoms with van der Waals surface area (Å²) in [5.74, 6) is 0. The highest BCUT2D eigenvalue weighted by atomic mass is 14.9. The third kappa shape index (κ3) is 2.96. The normalized spacial score (nSPS) is 12.4. The minimum atomic E-state index is 0.343. The van der Waals surface area contributed by atoms with Crippen molar-refractivity contribution >= 4 is 0 Å². The van der Waals surface area contributed by atoms with Gasteiger partial charge in [0.05, 0.1) is 0 Å². The number of benzene rings is 1. The number of aryl methyl sites for hydroxylation is 2. The van der Waals surface area contributed by atoms with E-state index in [1.807, 2.05) is 19.4 Å². The quantitative estimate of drug-likeness (QED) is 0.887. The van der Waals surface area contributed by atoms with E-state index in [-0.39, 0.29) is 0 Å². The van der Waals surface area contributed by atoms with Crippen molar-refractivity contribution < 1.29 is 0 Å². The van der Waals surface area contributed by atoms with Gasteiger partial charge < -0.3 is 5.32 Å². The molecule has 0 spiro atoms. The first-order valence-corrected chi connectivity index (χ1v) is 6.34. The molecule has 0 radical (unpaired) electrons. The average Bonchev–Trinajstić information content (AvgIpc) is 2.41. The molecule has 2 nitrogen and oxygen atoms in total. The lowest BCUT2D eigenvalue weighted by molar-refractivity contribution is 0.591. The molecule has 0 aliphatic heterocycles. The zero-order valence-electron chi connectivity index (χ0n) is 11.3. The molecule has 2 rings (SSSR count). The molecule has 0 aliphatic carbocycles. The molecule has 0 saturated carbocycles. The Morgan fingerprint density at radius 1 is 1.06 bits per heavy atom. The predicted octanol–water partition coefficient (Wildman–Crippen LogP) is 3.20. The van der Waals surface area contributed by atoms with Crippen molar-refractivity contribution in [2.75, 3.05) is 7.05 Å². The number of nitrogens with one attached hydrogen (secondary N) is 1. The molecule has 1 aromatic carbocycles. The SMILES string of the molecule is CNC(Cc1ccc(C)c(C)c1)c1ccncc1. The standard InChI is InChI=1S/C16H20N2/c1-12-4-5-14(10-13(12)2)11-16(17-3)15-6-8-18-9-7-15/h4-10,16-17H,11H2,1-3H3. The summed E-state index contributed by atoms with van der Waals surface area (Å²) >= 11 is 0. The Hall–Kier alpha value is -1.67. The van der Waals surface area contributed by atoms with Crippen molar-refractivity contribution in [3.63, 3.8) is 0 Å². The first kappa shape index (κ1) is 12.8. The van der Waals surface area contributed by atoms with Gasteiger partial charge in [0, 0.05) is 18.4 Å². The summed E-state index contributed by atoms with van der Waals surface area (Å²) in [7, 11) is 2.01. The minimum absolute atomic E-state index is 0.343. The van der Waals surface area contributed by atoms with E-state index >= 15 is 0 Å². The van der Waals surface area contributed by atoms with E-state index in [1.54, 1.807) is 0 Å². The molecule has 1 heterocycles. The maximum absolute atomic E-state index is 4.07. The summed E-state index contributed by atoms with van der Waals surface area (Å²) in [6.45, 7) is 4.32. The number of nitrogens with zero attached hydrogens (tertiary/aromatic N) is 1. The Morgan fingerprint density at radius 2 is 1.78 bits per heavy atom. The second-order valence-electron chi connectivity index (χ2n) is 4.74. The highest BCUT2D eigenvalue weighted by Gasteiger charge is 2.10. The molecule has 0 fully saturated rings. The van der Waals surface area contributed by atoms with Crippen LogP contribution in [0.25, 0.3) is 0 Å². The molecular weight excluding hydrogens is 220 g/mol. The van der Waals surface area contributed by atoms with E-state index in [4.69, 9.17) is 0 Å². The maximum atomic E-state index is 4.07. The van der Waals surface area contributed by atoms with Gasteiger partial charge in [0.15, 0.2) is 0 Å². The second kappa shape index (κ2) is 5.78. The number of hydrogen-bond acceptors (Lipinski definition) is 2. The van der Waals surface area contributed by atoms with Crippen LogP contribution < -0.4 is 5.32 Å². The lowest BCUT2D eigenvalue weighted by atomic mass is 9.97. The Morgan fingerprint density at radius 3 is 2.39 bits per heavy atom. The van der Waals surface area contributed by atoms with Crippen LogP contribution >= 0.6 is 0 Å². The summed E-state index contributed by atoms with van der Waals surface area (Å²) < 4.78 is 0. The summed E-state index contributed by atoms with van der Waals surface area (Å²) in [6.07, 6.45) is 4.70. The lowest BCUT2D eigenvalue weighted by Gasteiger charge is -2.17. The largest absolute Gasteiger partial charge is 0.313 e. The molecule has 1 atom stereocenters. The summed E-state index contributed by atoms with van der Waals surface area (Å²) in [6, 6.07) is 11.2. The van der Waals surface area contributed by atoms with Gasteiger partial charge in [-0.1, -0.05) is 18.2 Å². The zero-order valence-corrected chi connectivity index (χ0v) is 11.3. The van der Waals surface area contributed by atoms with Gasteiger partial charge in [-0.15, -0.1) is 0 Å². The first-order chi connectivity index (χ1) is 8.70. The van der Waals surface area contributed by atoms with Crippen LogP contribution in [0, 0.1) is 13.8 Å². The minimum Gasteiger partial charge on any atom is -0.313 e. The van der Waals surface area contributed by atoms with Gasteiger partial charge in [0.1, 0.15) is 0 Å². The number of aromatic nitrogens is 1. The van der Waals surface area contributed by atoms with Crippen LogP contribution in [0.2, 0.25) is 0 Å². The van der Waals surface area contributed by atoms with Crippen molar-refractivity contribution in [2.24, 2.45) is 0 Å².